The molecule has 0 saturated carbocycles. The summed E-state index contributed by atoms with van der Waals surface area (Å²) in [5.41, 5.74) is 0. The summed E-state index contributed by atoms with van der Waals surface area (Å²) in [6, 6.07) is 1.59. The second-order valence-corrected chi connectivity index (χ2v) is 3.83. The third-order valence-electron chi connectivity index (χ3n) is 2.79. The first-order valence-electron chi connectivity index (χ1n) is 5.28. The Hall–Kier alpha value is -1.98. The number of rotatable bonds is 2. The highest BCUT2D eigenvalue weighted by atomic mass is 19.1. The molecule has 0 bridgehead atoms. The quantitative estimate of drug-likeness (QED) is 0.730. The molecule has 3 amide bonds. The van der Waals surface area contributed by atoms with Gasteiger partial charge in [0.1, 0.15) is 17.7 Å². The van der Waals surface area contributed by atoms with Crippen molar-refractivity contribution in [1.82, 2.24) is 9.88 Å². The van der Waals surface area contributed by atoms with Crippen LogP contribution in [0.3, 0.4) is 0 Å². The summed E-state index contributed by atoms with van der Waals surface area (Å²) in [4.78, 5) is 29.9. The van der Waals surface area contributed by atoms with Crippen LogP contribution in [0.25, 0.3) is 0 Å². The zero-order valence-electron chi connectivity index (χ0n) is 9.55. The number of hydrogen-bond acceptors (Lipinski definition) is 3. The van der Waals surface area contributed by atoms with Crippen LogP contribution in [0.1, 0.15) is 13.3 Å². The number of halogens is 1. The van der Waals surface area contributed by atoms with Crippen LogP contribution in [0, 0.1) is 5.82 Å². The Morgan fingerprint density at radius 3 is 2.59 bits per heavy atom. The minimum atomic E-state index is -0.506. The highest BCUT2D eigenvalue weighted by Gasteiger charge is 2.43. The smallest absolute Gasteiger partial charge is 0.315 e. The molecule has 0 spiro atoms. The normalized spacial score (nSPS) is 20.3. The largest absolute Gasteiger partial charge is 0.333 e. The molecule has 1 saturated heterocycles. The number of pyridine rings is 1. The lowest BCUT2D eigenvalue weighted by Crippen LogP contribution is -2.32. The monoisotopic (exact) mass is 237 g/mol. The van der Waals surface area contributed by atoms with Crippen LogP contribution < -0.4 is 4.90 Å². The van der Waals surface area contributed by atoms with Gasteiger partial charge in [-0.15, -0.1) is 0 Å². The third kappa shape index (κ3) is 1.75. The van der Waals surface area contributed by atoms with E-state index in [2.05, 4.69) is 4.98 Å². The first-order valence-corrected chi connectivity index (χ1v) is 5.28. The van der Waals surface area contributed by atoms with E-state index in [9.17, 15) is 14.0 Å². The maximum absolute atomic E-state index is 12.7. The number of carbonyl (C=O) groups is 2. The molecule has 1 aromatic rings. The Morgan fingerprint density at radius 1 is 1.41 bits per heavy atom. The second-order valence-electron chi connectivity index (χ2n) is 3.83. The van der Waals surface area contributed by atoms with Crippen molar-refractivity contribution in [2.24, 2.45) is 0 Å². The lowest BCUT2D eigenvalue weighted by molar-refractivity contribution is -0.119. The predicted molar refractivity (Wildman–Crippen MR) is 58.9 cm³/mol. The van der Waals surface area contributed by atoms with Crippen molar-refractivity contribution in [1.29, 1.82) is 0 Å². The van der Waals surface area contributed by atoms with Crippen molar-refractivity contribution in [2.75, 3.05) is 11.9 Å². The van der Waals surface area contributed by atoms with E-state index in [0.29, 0.717) is 6.42 Å². The molecule has 1 aliphatic rings. The number of amides is 3. The van der Waals surface area contributed by atoms with Gasteiger partial charge in [0, 0.05) is 7.05 Å². The molecular weight excluding hydrogens is 225 g/mol. The average molecular weight is 237 g/mol. The Bertz CT molecular complexity index is 460. The van der Waals surface area contributed by atoms with E-state index in [-0.39, 0.29) is 11.7 Å². The molecule has 0 aliphatic carbocycles. The maximum atomic E-state index is 12.7. The van der Waals surface area contributed by atoms with E-state index in [1.807, 2.05) is 6.92 Å². The fourth-order valence-electron chi connectivity index (χ4n) is 1.86. The van der Waals surface area contributed by atoms with Gasteiger partial charge in [-0.3, -0.25) is 4.79 Å². The zero-order chi connectivity index (χ0) is 12.6. The summed E-state index contributed by atoms with van der Waals surface area (Å²) < 4.78 is 12.7. The van der Waals surface area contributed by atoms with Gasteiger partial charge in [-0.2, -0.15) is 0 Å². The molecule has 0 unspecified atom stereocenters. The van der Waals surface area contributed by atoms with E-state index in [0.717, 1.165) is 11.1 Å². The number of likely N-dealkylation sites (N-methyl/N-ethyl adjacent to an activating group) is 1. The van der Waals surface area contributed by atoms with Gasteiger partial charge in [-0.25, -0.2) is 19.1 Å². The predicted octanol–water partition coefficient (Wildman–Crippen LogP) is 1.40. The summed E-state index contributed by atoms with van der Waals surface area (Å²) in [5, 5.41) is 0. The summed E-state index contributed by atoms with van der Waals surface area (Å²) >= 11 is 0. The van der Waals surface area contributed by atoms with Crippen LogP contribution in [0.2, 0.25) is 0 Å². The number of aromatic nitrogens is 1. The number of imide groups is 1. The Kier molecular flexibility index (Phi) is 2.79. The van der Waals surface area contributed by atoms with Gasteiger partial charge >= 0.3 is 6.03 Å². The summed E-state index contributed by atoms with van der Waals surface area (Å²) in [7, 11) is 1.57. The number of hydrogen-bond donors (Lipinski definition) is 0. The molecule has 1 aliphatic heterocycles. The molecule has 1 atom stereocenters. The van der Waals surface area contributed by atoms with Crippen molar-refractivity contribution in [3.8, 4) is 0 Å². The molecule has 6 heteroatoms. The van der Waals surface area contributed by atoms with E-state index in [1.54, 1.807) is 7.05 Å². The van der Waals surface area contributed by atoms with E-state index in [1.165, 1.54) is 17.0 Å². The molecule has 17 heavy (non-hydrogen) atoms. The standard InChI is InChI=1S/C11H12FN3O2/c1-3-8-10(16)15(11(17)14(8)2)9-5-4-7(12)6-13-9/h4-6,8H,3H2,1-2H3/t8-/m1/s1. The van der Waals surface area contributed by atoms with Crippen molar-refractivity contribution in [2.45, 2.75) is 19.4 Å². The van der Waals surface area contributed by atoms with Gasteiger partial charge in [0.2, 0.25) is 0 Å². The first kappa shape index (κ1) is 11.5. The molecule has 0 N–H and O–H groups in total. The van der Waals surface area contributed by atoms with Crippen LogP contribution in [-0.4, -0.2) is 34.9 Å². The molecule has 0 radical (unpaired) electrons. The Labute approximate surface area is 97.8 Å². The van der Waals surface area contributed by atoms with Crippen LogP contribution in [0.4, 0.5) is 15.0 Å². The topological polar surface area (TPSA) is 53.5 Å². The van der Waals surface area contributed by atoms with Crippen LogP contribution in [0.5, 0.6) is 0 Å². The van der Waals surface area contributed by atoms with Crippen molar-refractivity contribution >= 4 is 17.8 Å². The number of urea groups is 1. The molecule has 2 heterocycles. The highest BCUT2D eigenvalue weighted by molar-refractivity contribution is 6.20. The van der Waals surface area contributed by atoms with Crippen molar-refractivity contribution in [3.63, 3.8) is 0 Å². The van der Waals surface area contributed by atoms with Gasteiger partial charge in [-0.1, -0.05) is 6.92 Å². The minimum absolute atomic E-state index is 0.157. The first-order chi connectivity index (χ1) is 8.06. The van der Waals surface area contributed by atoms with Crippen LogP contribution >= 0.6 is 0 Å². The highest BCUT2D eigenvalue weighted by Crippen LogP contribution is 2.23. The van der Waals surface area contributed by atoms with Crippen LogP contribution in [0.15, 0.2) is 18.3 Å². The Balaban J connectivity index is 2.36. The second kappa shape index (κ2) is 4.12. The summed E-state index contributed by atoms with van der Waals surface area (Å²) in [6.45, 7) is 1.83. The number of nitrogens with zero attached hydrogens (tertiary/aromatic N) is 3. The number of carbonyl (C=O) groups excluding carboxylic acids is 2. The lowest BCUT2D eigenvalue weighted by Gasteiger charge is -2.13. The average Bonchev–Trinajstić information content (AvgIpc) is 2.52. The van der Waals surface area contributed by atoms with Gasteiger partial charge in [0.15, 0.2) is 0 Å². The molecule has 0 aromatic carbocycles. The number of anilines is 1. The van der Waals surface area contributed by atoms with Crippen LogP contribution in [-0.2, 0) is 4.79 Å². The lowest BCUT2D eigenvalue weighted by atomic mass is 10.2. The van der Waals surface area contributed by atoms with Crippen molar-refractivity contribution < 1.29 is 14.0 Å². The van der Waals surface area contributed by atoms with Gasteiger partial charge in [-0.05, 0) is 18.6 Å². The molecule has 2 rings (SSSR count). The van der Waals surface area contributed by atoms with E-state index in [4.69, 9.17) is 0 Å². The SMILES string of the molecule is CC[C@@H]1C(=O)N(c2ccc(F)cn2)C(=O)N1C. The molecule has 1 aromatic heterocycles. The fourth-order valence-corrected chi connectivity index (χ4v) is 1.86. The Morgan fingerprint density at radius 2 is 2.12 bits per heavy atom. The molecule has 90 valence electrons. The van der Waals surface area contributed by atoms with E-state index >= 15 is 0 Å². The zero-order valence-corrected chi connectivity index (χ0v) is 9.55. The fraction of sp³-hybridized carbons (Fsp3) is 0.364. The van der Waals surface area contributed by atoms with Gasteiger partial charge in [0.05, 0.1) is 6.20 Å². The third-order valence-corrected chi connectivity index (χ3v) is 2.79. The van der Waals surface area contributed by atoms with Crippen molar-refractivity contribution in [3.05, 3.63) is 24.1 Å². The van der Waals surface area contributed by atoms with Gasteiger partial charge < -0.3 is 4.90 Å². The summed E-state index contributed by atoms with van der Waals surface area (Å²) in [6.07, 6.45) is 1.52. The molecule has 5 nitrogen and oxygen atoms in total. The van der Waals surface area contributed by atoms with E-state index < -0.39 is 17.9 Å². The maximum Gasteiger partial charge on any atom is 0.333 e. The molecular formula is C11H12FN3O2. The minimum Gasteiger partial charge on any atom is -0.315 e. The van der Waals surface area contributed by atoms with Gasteiger partial charge in [0.25, 0.3) is 5.91 Å². The summed E-state index contributed by atoms with van der Waals surface area (Å²) in [5.74, 6) is -0.670. The molecule has 1 fully saturated rings.